The number of aromatic nitrogens is 2. The summed E-state index contributed by atoms with van der Waals surface area (Å²) in [5.74, 6) is 0.639. The second-order valence-electron chi connectivity index (χ2n) is 10.3. The van der Waals surface area contributed by atoms with E-state index in [0.717, 1.165) is 49.4 Å². The first-order valence-electron chi connectivity index (χ1n) is 12.2. The molecule has 2 heterocycles. The van der Waals surface area contributed by atoms with Gasteiger partial charge in [-0.3, -0.25) is 4.79 Å². The number of aliphatic hydroxyl groups is 1. The average Bonchev–Trinajstić information content (AvgIpc) is 3.04. The minimum atomic E-state index is -1.37. The van der Waals surface area contributed by atoms with E-state index in [0.29, 0.717) is 23.1 Å². The van der Waals surface area contributed by atoms with E-state index in [1.54, 1.807) is 13.1 Å². The third-order valence-corrected chi connectivity index (χ3v) is 8.26. The first kappa shape index (κ1) is 20.2. The Labute approximate surface area is 199 Å². The van der Waals surface area contributed by atoms with Crippen molar-refractivity contribution in [2.45, 2.75) is 50.6 Å². The molecule has 1 amide bonds. The van der Waals surface area contributed by atoms with E-state index < -0.39 is 17.8 Å². The van der Waals surface area contributed by atoms with E-state index in [-0.39, 0.29) is 22.9 Å². The predicted octanol–water partition coefficient (Wildman–Crippen LogP) is 3.43. The fourth-order valence-electron chi connectivity index (χ4n) is 6.86. The Morgan fingerprint density at radius 1 is 1.35 bits per heavy atom. The molecule has 8 nitrogen and oxygen atoms in total. The third kappa shape index (κ3) is 2.95. The zero-order chi connectivity index (χ0) is 24.9. The largest absolute Gasteiger partial charge is 0.393 e. The smallest absolute Gasteiger partial charge is 0.251 e. The van der Waals surface area contributed by atoms with Gasteiger partial charge in [0.25, 0.3) is 5.91 Å². The van der Waals surface area contributed by atoms with Gasteiger partial charge in [-0.2, -0.15) is 4.98 Å². The van der Waals surface area contributed by atoms with Crippen LogP contribution in [0.1, 0.15) is 49.4 Å². The van der Waals surface area contributed by atoms with E-state index in [4.69, 9.17) is 12.1 Å². The number of rotatable bonds is 4. The molecule has 4 aliphatic carbocycles. The van der Waals surface area contributed by atoms with Crippen LogP contribution in [-0.4, -0.2) is 39.6 Å². The summed E-state index contributed by atoms with van der Waals surface area (Å²) in [5, 5.41) is 14.0. The molecule has 4 saturated carbocycles. The van der Waals surface area contributed by atoms with Gasteiger partial charge in [-0.15, -0.1) is 0 Å². The lowest BCUT2D eigenvalue weighted by atomic mass is 9.51. The topological polar surface area (TPSA) is 108 Å². The molecule has 4 bridgehead atoms. The molecule has 2 atom stereocenters. The van der Waals surface area contributed by atoms with Crippen LogP contribution >= 0.6 is 0 Å². The SMILES string of the molecule is [2H]C1(O)C2CC3CC1CC(N1C(=C)N(C)c4cnc(Nc5cc(F)c(C(N)=O)cc5C)nc41)(C3)C2. The molecule has 0 radical (unpaired) electrons. The second-order valence-corrected chi connectivity index (χ2v) is 10.3. The van der Waals surface area contributed by atoms with Crippen molar-refractivity contribution < 1.29 is 15.7 Å². The number of halogens is 1. The van der Waals surface area contributed by atoms with Crippen LogP contribution < -0.4 is 20.9 Å². The monoisotopic (exact) mass is 465 g/mol. The van der Waals surface area contributed by atoms with Crippen LogP contribution in [0.15, 0.2) is 30.7 Å². The zero-order valence-electron chi connectivity index (χ0n) is 20.3. The first-order chi connectivity index (χ1) is 16.5. The summed E-state index contributed by atoms with van der Waals surface area (Å²) in [6.45, 7) is 6.10. The highest BCUT2D eigenvalue weighted by atomic mass is 19.1. The molecule has 34 heavy (non-hydrogen) atoms. The number of nitrogens with one attached hydrogen (secondary N) is 1. The van der Waals surface area contributed by atoms with Crippen molar-refractivity contribution >= 4 is 29.0 Å². The molecule has 1 aromatic heterocycles. The summed E-state index contributed by atoms with van der Waals surface area (Å²) in [4.78, 5) is 24.9. The van der Waals surface area contributed by atoms with Crippen LogP contribution in [0.2, 0.25) is 0 Å². The van der Waals surface area contributed by atoms with Crippen LogP contribution in [-0.2, 0) is 0 Å². The number of benzene rings is 1. The van der Waals surface area contributed by atoms with Gasteiger partial charge in [0.15, 0.2) is 5.82 Å². The Morgan fingerprint density at radius 2 is 2.06 bits per heavy atom. The molecule has 5 aliphatic rings. The number of hydrogen-bond acceptors (Lipinski definition) is 7. The lowest BCUT2D eigenvalue weighted by molar-refractivity contribution is -0.102. The van der Waals surface area contributed by atoms with Crippen molar-refractivity contribution in [3.63, 3.8) is 0 Å². The number of amides is 1. The van der Waals surface area contributed by atoms with Crippen molar-refractivity contribution in [2.75, 3.05) is 22.2 Å². The number of nitrogens with zero attached hydrogens (tertiary/aromatic N) is 4. The third-order valence-electron chi connectivity index (χ3n) is 8.26. The summed E-state index contributed by atoms with van der Waals surface area (Å²) in [6.07, 6.45) is 4.56. The van der Waals surface area contributed by atoms with Crippen LogP contribution in [0.4, 0.5) is 27.5 Å². The number of anilines is 4. The van der Waals surface area contributed by atoms with Crippen molar-refractivity contribution in [1.29, 1.82) is 0 Å². The van der Waals surface area contributed by atoms with E-state index in [1.165, 1.54) is 12.1 Å². The minimum Gasteiger partial charge on any atom is -0.393 e. The van der Waals surface area contributed by atoms with Crippen molar-refractivity contribution in [3.8, 4) is 0 Å². The molecule has 2 unspecified atom stereocenters. The summed E-state index contributed by atoms with van der Waals surface area (Å²) in [5.41, 5.74) is 6.75. The van der Waals surface area contributed by atoms with Gasteiger partial charge >= 0.3 is 0 Å². The van der Waals surface area contributed by atoms with Crippen molar-refractivity contribution in [1.82, 2.24) is 9.97 Å². The number of carbonyl (C=O) groups is 1. The van der Waals surface area contributed by atoms with E-state index in [9.17, 15) is 14.3 Å². The molecular formula is C25H29FN6O2. The van der Waals surface area contributed by atoms with Crippen LogP contribution in [0, 0.1) is 30.5 Å². The summed E-state index contributed by atoms with van der Waals surface area (Å²) < 4.78 is 23.0. The van der Waals surface area contributed by atoms with Gasteiger partial charge in [0, 0.05) is 18.3 Å². The van der Waals surface area contributed by atoms with Crippen LogP contribution in [0.25, 0.3) is 0 Å². The Hall–Kier alpha value is -3.20. The highest BCUT2D eigenvalue weighted by Crippen LogP contribution is 2.60. The van der Waals surface area contributed by atoms with E-state index >= 15 is 0 Å². The normalized spacial score (nSPS) is 33.8. The standard InChI is InChI=1S/C25H29FN6O2/c1-12-4-17(22(27)34)18(26)7-19(12)29-24-28-11-20-23(30-24)32(13(2)31(20)3)25-8-14-5-15(9-25)21(33)16(6-14)10-25/h4,7,11,14-16,21,33H,2,5-6,8-10H2,1,3H3,(H2,27,34)(H,28,29,30)/i21D. The molecule has 2 aromatic rings. The number of primary amides is 1. The molecule has 1 aliphatic heterocycles. The lowest BCUT2D eigenvalue weighted by Crippen LogP contribution is -2.63. The number of carbonyl (C=O) groups excluding carboxylic acids is 1. The Balaban J connectivity index is 1.37. The van der Waals surface area contributed by atoms with Gasteiger partial charge in [-0.25, -0.2) is 9.37 Å². The molecule has 0 spiro atoms. The number of nitrogens with two attached hydrogens (primary N) is 1. The average molecular weight is 466 g/mol. The Bertz CT molecular complexity index is 1260. The molecule has 178 valence electrons. The maximum absolute atomic E-state index is 14.4. The first-order valence-corrected chi connectivity index (χ1v) is 11.7. The highest BCUT2D eigenvalue weighted by molar-refractivity contribution is 5.94. The Kier molecular flexibility index (Phi) is 4.25. The van der Waals surface area contributed by atoms with Gasteiger partial charge in [0.1, 0.15) is 17.3 Å². The van der Waals surface area contributed by atoms with E-state index in [1.807, 2.05) is 11.9 Å². The highest BCUT2D eigenvalue weighted by Gasteiger charge is 2.59. The van der Waals surface area contributed by atoms with Crippen LogP contribution in [0.3, 0.4) is 0 Å². The van der Waals surface area contributed by atoms with Crippen molar-refractivity contribution in [2.24, 2.45) is 23.5 Å². The number of aryl methyl sites for hydroxylation is 1. The molecule has 7 rings (SSSR count). The maximum Gasteiger partial charge on any atom is 0.251 e. The Morgan fingerprint density at radius 3 is 2.74 bits per heavy atom. The summed E-state index contributed by atoms with van der Waals surface area (Å²) in [6, 6.07) is 2.63. The minimum absolute atomic E-state index is 0.0651. The van der Waals surface area contributed by atoms with Gasteiger partial charge in [0.2, 0.25) is 5.95 Å². The van der Waals surface area contributed by atoms with E-state index in [2.05, 4.69) is 21.8 Å². The van der Waals surface area contributed by atoms with Gasteiger partial charge < -0.3 is 26.0 Å². The predicted molar refractivity (Wildman–Crippen MR) is 127 cm³/mol. The number of hydrogen-bond donors (Lipinski definition) is 3. The molecule has 4 N–H and O–H groups in total. The molecule has 9 heteroatoms. The van der Waals surface area contributed by atoms with Gasteiger partial charge in [0.05, 0.1) is 19.2 Å². The molecule has 4 fully saturated rings. The molecule has 0 saturated heterocycles. The number of fused-ring (bicyclic) bond motifs is 1. The maximum atomic E-state index is 14.4. The van der Waals surface area contributed by atoms with Gasteiger partial charge in [-0.05, 0) is 74.5 Å². The van der Waals surface area contributed by atoms with Gasteiger partial charge in [-0.1, -0.05) is 6.58 Å². The summed E-state index contributed by atoms with van der Waals surface area (Å²) in [7, 11) is 1.93. The fraction of sp³-hybridized carbons (Fsp3) is 0.480. The van der Waals surface area contributed by atoms with Crippen LogP contribution in [0.5, 0.6) is 0 Å². The zero-order valence-corrected chi connectivity index (χ0v) is 19.3. The fourth-order valence-corrected chi connectivity index (χ4v) is 6.86. The second kappa shape index (κ2) is 7.15. The lowest BCUT2D eigenvalue weighted by Gasteiger charge is -2.61. The summed E-state index contributed by atoms with van der Waals surface area (Å²) >= 11 is 0. The van der Waals surface area contributed by atoms with Crippen molar-refractivity contribution in [3.05, 3.63) is 47.7 Å². The quantitative estimate of drug-likeness (QED) is 0.635. The molecular weight excluding hydrogens is 435 g/mol. The molecule has 1 aromatic carbocycles.